The highest BCUT2D eigenvalue weighted by Crippen LogP contribution is 2.43. The standard InChI is InChI=1S/C48H84NO9P/c1-6-8-10-12-14-16-18-20-21-22-23-25-27-29-31-33-35-39-48(52)58-46(44-57-59(53,54)56-42-41-49(3,4)5)43-55-47(51)40-36-38-45(50)37-34-32-30-28-26-24-19-17-15-13-11-9-7-2/h14-17,20-21,24,26,30,32,34,37,45-46,50H,6-13,18-19,22-23,25,27-29,31,33,35-36,38-44H2,1-5H3/p+1/b16-14-,17-15-,21-20-,26-24-,32-30-,37-34+/t45-,46-/m1/s1. The Morgan fingerprint density at radius 3 is 1.69 bits per heavy atom. The number of phosphoric ester groups is 1. The second-order valence-electron chi connectivity index (χ2n) is 16.3. The van der Waals surface area contributed by atoms with Crippen LogP contribution < -0.4 is 0 Å². The van der Waals surface area contributed by atoms with Gasteiger partial charge >= 0.3 is 19.8 Å². The van der Waals surface area contributed by atoms with Gasteiger partial charge in [-0.1, -0.05) is 145 Å². The number of hydrogen-bond acceptors (Lipinski definition) is 8. The summed E-state index contributed by atoms with van der Waals surface area (Å²) in [6, 6.07) is 0. The van der Waals surface area contributed by atoms with Gasteiger partial charge in [-0.25, -0.2) is 4.57 Å². The molecule has 0 radical (unpaired) electrons. The molecule has 0 aliphatic heterocycles. The fourth-order valence-electron chi connectivity index (χ4n) is 5.68. The summed E-state index contributed by atoms with van der Waals surface area (Å²) in [4.78, 5) is 35.4. The number of phosphoric acid groups is 1. The molecule has 0 heterocycles. The number of ether oxygens (including phenoxy) is 2. The number of carbonyl (C=O) groups excluding carboxylic acids is 2. The molecule has 3 atom stereocenters. The van der Waals surface area contributed by atoms with Crippen molar-refractivity contribution in [2.75, 3.05) is 47.5 Å². The zero-order valence-electron chi connectivity index (χ0n) is 37.8. The maximum Gasteiger partial charge on any atom is 0.472 e. The Labute approximate surface area is 360 Å². The Balaban J connectivity index is 4.55. The molecule has 0 saturated heterocycles. The van der Waals surface area contributed by atoms with Crippen molar-refractivity contribution >= 4 is 19.8 Å². The van der Waals surface area contributed by atoms with Gasteiger partial charge in [-0.2, -0.15) is 0 Å². The van der Waals surface area contributed by atoms with Crippen LogP contribution in [-0.4, -0.2) is 86.1 Å². The lowest BCUT2D eigenvalue weighted by Gasteiger charge is -2.24. The summed E-state index contributed by atoms with van der Waals surface area (Å²) < 4.78 is 34.2. The number of aliphatic hydroxyl groups excluding tert-OH is 1. The van der Waals surface area contributed by atoms with Gasteiger partial charge in [0.2, 0.25) is 0 Å². The van der Waals surface area contributed by atoms with Crippen LogP contribution in [0.25, 0.3) is 0 Å². The third-order valence-electron chi connectivity index (χ3n) is 9.31. The summed E-state index contributed by atoms with van der Waals surface area (Å²) >= 11 is 0. The number of esters is 2. The molecule has 0 fully saturated rings. The summed E-state index contributed by atoms with van der Waals surface area (Å²) in [5, 5.41) is 10.3. The number of unbranched alkanes of at least 4 members (excludes halogenated alkanes) is 13. The normalized spacial score (nSPS) is 14.8. The van der Waals surface area contributed by atoms with Crippen molar-refractivity contribution < 1.29 is 47.2 Å². The summed E-state index contributed by atoms with van der Waals surface area (Å²) in [7, 11) is 1.36. The van der Waals surface area contributed by atoms with Gasteiger partial charge in [0.25, 0.3) is 0 Å². The zero-order chi connectivity index (χ0) is 43.7. The van der Waals surface area contributed by atoms with Crippen LogP contribution in [0.4, 0.5) is 0 Å². The molecule has 0 aliphatic rings. The van der Waals surface area contributed by atoms with Gasteiger partial charge in [-0.05, 0) is 77.0 Å². The molecule has 2 N–H and O–H groups in total. The average molecular weight is 851 g/mol. The van der Waals surface area contributed by atoms with Gasteiger partial charge in [-0.3, -0.25) is 18.6 Å². The van der Waals surface area contributed by atoms with Crippen molar-refractivity contribution in [2.24, 2.45) is 0 Å². The van der Waals surface area contributed by atoms with E-state index in [-0.39, 0.29) is 26.1 Å². The Hall–Kier alpha value is -2.59. The molecule has 1 unspecified atom stereocenters. The molecule has 340 valence electrons. The second kappa shape index (κ2) is 39.5. The molecule has 11 heteroatoms. The van der Waals surface area contributed by atoms with Crippen molar-refractivity contribution in [2.45, 2.75) is 174 Å². The number of carbonyl (C=O) groups is 2. The van der Waals surface area contributed by atoms with Crippen LogP contribution in [0.2, 0.25) is 0 Å². The topological polar surface area (TPSA) is 129 Å². The van der Waals surface area contributed by atoms with Gasteiger partial charge in [0, 0.05) is 12.8 Å². The van der Waals surface area contributed by atoms with Crippen LogP contribution in [0.3, 0.4) is 0 Å². The van der Waals surface area contributed by atoms with Crippen LogP contribution >= 0.6 is 7.82 Å². The maximum absolute atomic E-state index is 12.7. The minimum atomic E-state index is -4.43. The molecule has 0 amide bonds. The van der Waals surface area contributed by atoms with Gasteiger partial charge in [0.1, 0.15) is 19.8 Å². The minimum Gasteiger partial charge on any atom is -0.462 e. The third kappa shape index (κ3) is 43.3. The monoisotopic (exact) mass is 851 g/mol. The quantitative estimate of drug-likeness (QED) is 0.0155. The molecule has 0 saturated carbocycles. The molecule has 0 aromatic heterocycles. The van der Waals surface area contributed by atoms with Crippen molar-refractivity contribution in [3.8, 4) is 0 Å². The molecule has 10 nitrogen and oxygen atoms in total. The van der Waals surface area contributed by atoms with E-state index in [2.05, 4.69) is 62.5 Å². The molecule has 59 heavy (non-hydrogen) atoms. The van der Waals surface area contributed by atoms with Crippen molar-refractivity contribution in [1.29, 1.82) is 0 Å². The highest BCUT2D eigenvalue weighted by molar-refractivity contribution is 7.47. The van der Waals surface area contributed by atoms with E-state index < -0.39 is 38.6 Å². The predicted octanol–water partition coefficient (Wildman–Crippen LogP) is 12.0. The highest BCUT2D eigenvalue weighted by Gasteiger charge is 2.27. The molecule has 0 rings (SSSR count). The Bertz CT molecular complexity index is 1250. The number of nitrogens with zero attached hydrogens (tertiary/aromatic N) is 1. The van der Waals surface area contributed by atoms with E-state index >= 15 is 0 Å². The first-order valence-electron chi connectivity index (χ1n) is 22.8. The fourth-order valence-corrected chi connectivity index (χ4v) is 6.42. The first kappa shape index (κ1) is 56.4. The van der Waals surface area contributed by atoms with Crippen molar-refractivity contribution in [1.82, 2.24) is 0 Å². The van der Waals surface area contributed by atoms with Crippen LogP contribution in [-0.2, 0) is 32.7 Å². The Morgan fingerprint density at radius 2 is 1.12 bits per heavy atom. The van der Waals surface area contributed by atoms with E-state index in [0.29, 0.717) is 30.3 Å². The van der Waals surface area contributed by atoms with Gasteiger partial charge in [0.05, 0.1) is 33.9 Å². The lowest BCUT2D eigenvalue weighted by atomic mass is 10.1. The largest absolute Gasteiger partial charge is 0.472 e. The number of hydrogen-bond donors (Lipinski definition) is 2. The van der Waals surface area contributed by atoms with Crippen LogP contribution in [0.5, 0.6) is 0 Å². The second-order valence-corrected chi connectivity index (χ2v) is 17.7. The van der Waals surface area contributed by atoms with Crippen molar-refractivity contribution in [3.05, 3.63) is 72.9 Å². The first-order valence-corrected chi connectivity index (χ1v) is 24.3. The lowest BCUT2D eigenvalue weighted by Crippen LogP contribution is -2.37. The van der Waals surface area contributed by atoms with Gasteiger partial charge in [-0.15, -0.1) is 0 Å². The first-order chi connectivity index (χ1) is 28.4. The van der Waals surface area contributed by atoms with Gasteiger partial charge < -0.3 is 24.0 Å². The van der Waals surface area contributed by atoms with E-state index in [1.165, 1.54) is 64.2 Å². The summed E-state index contributed by atoms with van der Waals surface area (Å²) in [6.45, 7) is 4.12. The smallest absolute Gasteiger partial charge is 0.462 e. The molecular formula is C48H85NO9P+. The summed E-state index contributed by atoms with van der Waals surface area (Å²) in [5.74, 6) is -1.02. The molecule has 0 aromatic rings. The van der Waals surface area contributed by atoms with Crippen LogP contribution in [0.15, 0.2) is 72.9 Å². The zero-order valence-corrected chi connectivity index (χ0v) is 38.7. The summed E-state index contributed by atoms with van der Waals surface area (Å²) in [5.41, 5.74) is 0. The predicted molar refractivity (Wildman–Crippen MR) is 244 cm³/mol. The number of rotatable bonds is 40. The van der Waals surface area contributed by atoms with E-state index in [0.717, 1.165) is 51.4 Å². The maximum atomic E-state index is 12.7. The fraction of sp³-hybridized carbons (Fsp3) is 0.708. The van der Waals surface area contributed by atoms with Gasteiger partial charge in [0.15, 0.2) is 6.10 Å². The number of allylic oxidation sites excluding steroid dienone is 11. The molecule has 0 aromatic carbocycles. The van der Waals surface area contributed by atoms with E-state index in [1.54, 1.807) is 12.2 Å². The molecule has 0 bridgehead atoms. The van der Waals surface area contributed by atoms with E-state index in [4.69, 9.17) is 18.5 Å². The Morgan fingerprint density at radius 1 is 0.610 bits per heavy atom. The Kier molecular flexibility index (Phi) is 37.8. The number of likely N-dealkylation sites (N-methyl/N-ethyl adjacent to an activating group) is 1. The number of quaternary nitrogens is 1. The van der Waals surface area contributed by atoms with E-state index in [9.17, 15) is 24.2 Å². The van der Waals surface area contributed by atoms with E-state index in [1.807, 2.05) is 33.3 Å². The van der Waals surface area contributed by atoms with Crippen LogP contribution in [0.1, 0.15) is 162 Å². The molecular weight excluding hydrogens is 765 g/mol. The van der Waals surface area contributed by atoms with Crippen LogP contribution in [0, 0.1) is 0 Å². The molecule has 0 spiro atoms. The van der Waals surface area contributed by atoms with Crippen molar-refractivity contribution in [3.63, 3.8) is 0 Å². The summed E-state index contributed by atoms with van der Waals surface area (Å²) in [6.07, 6.45) is 45.5. The molecule has 0 aliphatic carbocycles. The minimum absolute atomic E-state index is 0.00305. The third-order valence-corrected chi connectivity index (χ3v) is 10.3. The SMILES string of the molecule is CCCCC/C=C\C/C=C\C/C=C\C=C\[C@@H](O)CCCC(=O)OC[C@H](COP(=O)(O)OCC[N+](C)(C)C)OC(=O)CCCCCCCCC/C=C\C/C=C\CCCCC. The average Bonchev–Trinajstić information content (AvgIpc) is 3.18. The number of aliphatic hydroxyl groups is 1. The highest BCUT2D eigenvalue weighted by atomic mass is 31.2. The lowest BCUT2D eigenvalue weighted by molar-refractivity contribution is -0.870.